The molecular formula is C10H12N2O6. The number of hydrogen-bond acceptors (Lipinski definition) is 6. The van der Waals surface area contributed by atoms with Gasteiger partial charge in [-0.05, 0) is 6.07 Å². The Labute approximate surface area is 102 Å². The summed E-state index contributed by atoms with van der Waals surface area (Å²) in [5, 5.41) is 19.6. The normalized spacial score (nSPS) is 19.8. The molecule has 0 aromatic carbocycles. The van der Waals surface area contributed by atoms with Crippen LogP contribution in [0.15, 0.2) is 16.5 Å². The standard InChI is InChI=1S/C10H12N2O6/c13-5-7-6-17-4-3-11(7)10(14)8-1-2-9(18-8)12(15)16/h1-2,7,13H,3-6H2. The van der Waals surface area contributed by atoms with E-state index in [0.29, 0.717) is 13.2 Å². The number of aliphatic hydroxyl groups is 1. The van der Waals surface area contributed by atoms with Gasteiger partial charge in [0.25, 0.3) is 5.91 Å². The lowest BCUT2D eigenvalue weighted by molar-refractivity contribution is -0.402. The van der Waals surface area contributed by atoms with Gasteiger partial charge in [-0.2, -0.15) is 0 Å². The topological polar surface area (TPSA) is 106 Å². The molecule has 18 heavy (non-hydrogen) atoms. The lowest BCUT2D eigenvalue weighted by Crippen LogP contribution is -2.50. The second-order valence-corrected chi connectivity index (χ2v) is 3.80. The number of nitrogens with zero attached hydrogens (tertiary/aromatic N) is 2. The van der Waals surface area contributed by atoms with Crippen molar-refractivity contribution in [3.8, 4) is 0 Å². The largest absolute Gasteiger partial charge is 0.433 e. The molecule has 1 fully saturated rings. The molecule has 2 heterocycles. The van der Waals surface area contributed by atoms with Crippen molar-refractivity contribution in [2.45, 2.75) is 6.04 Å². The molecule has 98 valence electrons. The maximum atomic E-state index is 12.0. The SMILES string of the molecule is O=C(c1ccc([N+](=O)[O-])o1)N1CCOCC1CO. The maximum absolute atomic E-state index is 12.0. The minimum atomic E-state index is -0.709. The van der Waals surface area contributed by atoms with Gasteiger partial charge in [-0.15, -0.1) is 0 Å². The van der Waals surface area contributed by atoms with Crippen LogP contribution in [0.4, 0.5) is 5.88 Å². The van der Waals surface area contributed by atoms with E-state index in [9.17, 15) is 14.9 Å². The number of morpholine rings is 1. The highest BCUT2D eigenvalue weighted by Crippen LogP contribution is 2.19. The zero-order chi connectivity index (χ0) is 13.1. The number of ether oxygens (including phenoxy) is 1. The molecule has 1 aliphatic rings. The van der Waals surface area contributed by atoms with E-state index in [4.69, 9.17) is 14.3 Å². The fourth-order valence-corrected chi connectivity index (χ4v) is 1.76. The Kier molecular flexibility index (Phi) is 3.58. The number of carbonyl (C=O) groups is 1. The van der Waals surface area contributed by atoms with E-state index < -0.39 is 22.8 Å². The molecule has 0 radical (unpaired) electrons. The minimum Gasteiger partial charge on any atom is -0.395 e. The van der Waals surface area contributed by atoms with E-state index in [-0.39, 0.29) is 19.0 Å². The molecule has 0 saturated carbocycles. The zero-order valence-corrected chi connectivity index (χ0v) is 9.44. The van der Waals surface area contributed by atoms with Crippen LogP contribution in [0.3, 0.4) is 0 Å². The molecular weight excluding hydrogens is 244 g/mol. The molecule has 0 spiro atoms. The van der Waals surface area contributed by atoms with Gasteiger partial charge in [-0.3, -0.25) is 14.9 Å². The second-order valence-electron chi connectivity index (χ2n) is 3.80. The molecule has 1 saturated heterocycles. The molecule has 1 aliphatic heterocycles. The summed E-state index contributed by atoms with van der Waals surface area (Å²) in [4.78, 5) is 23.2. The van der Waals surface area contributed by atoms with Crippen LogP contribution in [0.2, 0.25) is 0 Å². The molecule has 1 aromatic rings. The third-order valence-electron chi connectivity index (χ3n) is 2.68. The Balaban J connectivity index is 2.15. The second kappa shape index (κ2) is 5.15. The van der Waals surface area contributed by atoms with Crippen molar-refractivity contribution in [1.82, 2.24) is 4.90 Å². The van der Waals surface area contributed by atoms with Crippen molar-refractivity contribution in [3.05, 3.63) is 28.0 Å². The molecule has 8 nitrogen and oxygen atoms in total. The lowest BCUT2D eigenvalue weighted by Gasteiger charge is -2.33. The van der Waals surface area contributed by atoms with Crippen LogP contribution >= 0.6 is 0 Å². The van der Waals surface area contributed by atoms with Gasteiger partial charge in [0.2, 0.25) is 0 Å². The fourth-order valence-electron chi connectivity index (χ4n) is 1.76. The lowest BCUT2D eigenvalue weighted by atomic mass is 10.2. The van der Waals surface area contributed by atoms with Gasteiger partial charge in [-0.25, -0.2) is 0 Å². The molecule has 1 unspecified atom stereocenters. The van der Waals surface area contributed by atoms with E-state index in [0.717, 1.165) is 6.07 Å². The molecule has 0 bridgehead atoms. The van der Waals surface area contributed by atoms with Gasteiger partial charge in [0.15, 0.2) is 5.76 Å². The van der Waals surface area contributed by atoms with Crippen LogP contribution in [0, 0.1) is 10.1 Å². The highest BCUT2D eigenvalue weighted by molar-refractivity contribution is 5.92. The van der Waals surface area contributed by atoms with Crippen LogP contribution in [0.25, 0.3) is 0 Å². The third kappa shape index (κ3) is 2.34. The Hall–Kier alpha value is -1.93. The number of furan rings is 1. The maximum Gasteiger partial charge on any atom is 0.433 e. The summed E-state index contributed by atoms with van der Waals surface area (Å²) in [5.74, 6) is -1.07. The summed E-state index contributed by atoms with van der Waals surface area (Å²) >= 11 is 0. The highest BCUT2D eigenvalue weighted by Gasteiger charge is 2.30. The highest BCUT2D eigenvalue weighted by atomic mass is 16.6. The molecule has 8 heteroatoms. The summed E-state index contributed by atoms with van der Waals surface area (Å²) in [6.45, 7) is 0.698. The van der Waals surface area contributed by atoms with Gasteiger partial charge in [0.05, 0.1) is 31.9 Å². The van der Waals surface area contributed by atoms with Crippen molar-refractivity contribution in [3.63, 3.8) is 0 Å². The van der Waals surface area contributed by atoms with Crippen molar-refractivity contribution in [2.75, 3.05) is 26.4 Å². The fraction of sp³-hybridized carbons (Fsp3) is 0.500. The Morgan fingerprint density at radius 3 is 3.00 bits per heavy atom. The Bertz CT molecular complexity index is 457. The Morgan fingerprint density at radius 1 is 1.61 bits per heavy atom. The van der Waals surface area contributed by atoms with Crippen molar-refractivity contribution in [2.24, 2.45) is 0 Å². The third-order valence-corrected chi connectivity index (χ3v) is 2.68. The first-order valence-electron chi connectivity index (χ1n) is 5.37. The van der Waals surface area contributed by atoms with E-state index in [1.165, 1.54) is 11.0 Å². The predicted octanol–water partition coefficient (Wildman–Crippen LogP) is 0.0211. The smallest absolute Gasteiger partial charge is 0.395 e. The summed E-state index contributed by atoms with van der Waals surface area (Å²) < 4.78 is 9.98. The average molecular weight is 256 g/mol. The number of nitro groups is 1. The van der Waals surface area contributed by atoms with Gasteiger partial charge in [0.1, 0.15) is 4.92 Å². The Morgan fingerprint density at radius 2 is 2.39 bits per heavy atom. The van der Waals surface area contributed by atoms with Gasteiger partial charge < -0.3 is 19.2 Å². The van der Waals surface area contributed by atoms with Crippen LogP contribution in [0.5, 0.6) is 0 Å². The first kappa shape index (κ1) is 12.5. The molecule has 2 rings (SSSR count). The van der Waals surface area contributed by atoms with Crippen LogP contribution in [0.1, 0.15) is 10.6 Å². The summed E-state index contributed by atoms with van der Waals surface area (Å²) in [5.41, 5.74) is 0. The van der Waals surface area contributed by atoms with Crippen molar-refractivity contribution >= 4 is 11.8 Å². The first-order valence-corrected chi connectivity index (χ1v) is 5.37. The minimum absolute atomic E-state index is 0.109. The van der Waals surface area contributed by atoms with Crippen molar-refractivity contribution in [1.29, 1.82) is 0 Å². The molecule has 1 atom stereocenters. The quantitative estimate of drug-likeness (QED) is 0.603. The number of aliphatic hydroxyl groups excluding tert-OH is 1. The summed E-state index contributed by atoms with van der Waals surface area (Å²) in [6.07, 6.45) is 0. The van der Waals surface area contributed by atoms with E-state index >= 15 is 0 Å². The van der Waals surface area contributed by atoms with Crippen LogP contribution in [-0.2, 0) is 4.74 Å². The number of carbonyl (C=O) groups excluding carboxylic acids is 1. The van der Waals surface area contributed by atoms with Gasteiger partial charge in [0, 0.05) is 6.54 Å². The zero-order valence-electron chi connectivity index (χ0n) is 9.44. The number of amides is 1. The first-order chi connectivity index (χ1) is 8.63. The molecule has 1 amide bonds. The van der Waals surface area contributed by atoms with Crippen LogP contribution in [-0.4, -0.2) is 53.2 Å². The predicted molar refractivity (Wildman–Crippen MR) is 58.1 cm³/mol. The molecule has 0 aliphatic carbocycles. The summed E-state index contributed by atoms with van der Waals surface area (Å²) in [6, 6.07) is 1.93. The van der Waals surface area contributed by atoms with Gasteiger partial charge in [-0.1, -0.05) is 0 Å². The summed E-state index contributed by atoms with van der Waals surface area (Å²) in [7, 11) is 0. The van der Waals surface area contributed by atoms with E-state index in [1.807, 2.05) is 0 Å². The number of rotatable bonds is 3. The van der Waals surface area contributed by atoms with Crippen molar-refractivity contribution < 1.29 is 24.0 Å². The van der Waals surface area contributed by atoms with Gasteiger partial charge >= 0.3 is 5.88 Å². The monoisotopic (exact) mass is 256 g/mol. The van der Waals surface area contributed by atoms with E-state index in [1.54, 1.807) is 0 Å². The number of hydrogen-bond donors (Lipinski definition) is 1. The average Bonchev–Trinajstić information content (AvgIpc) is 2.87. The molecule has 1 aromatic heterocycles. The van der Waals surface area contributed by atoms with E-state index in [2.05, 4.69) is 0 Å². The van der Waals surface area contributed by atoms with Crippen LogP contribution < -0.4 is 0 Å². The molecule has 1 N–H and O–H groups in total.